The average Bonchev–Trinajstić information content (AvgIpc) is 2.29. The minimum atomic E-state index is 0.539. The van der Waals surface area contributed by atoms with E-state index >= 15 is 0 Å². The van der Waals surface area contributed by atoms with E-state index in [9.17, 15) is 0 Å². The zero-order chi connectivity index (χ0) is 9.64. The third-order valence-corrected chi connectivity index (χ3v) is 1.96. The number of rotatable bonds is 3. The standard InChI is InChI=1S/C11H12N2O/c1-2-6-13-10(3-1)9-14-11-4-7-12-8-5-11/h1-7,12H,8-9H2/p+1. The molecule has 2 N–H and O–H groups in total. The van der Waals surface area contributed by atoms with Crippen molar-refractivity contribution in [3.05, 3.63) is 54.2 Å². The second-order valence-electron chi connectivity index (χ2n) is 3.05. The highest BCUT2D eigenvalue weighted by atomic mass is 16.5. The molecule has 0 atom stereocenters. The maximum absolute atomic E-state index is 5.56. The van der Waals surface area contributed by atoms with Crippen molar-refractivity contribution in [1.82, 2.24) is 4.98 Å². The van der Waals surface area contributed by atoms with Gasteiger partial charge >= 0.3 is 0 Å². The normalized spacial score (nSPS) is 15.0. The predicted octanol–water partition coefficient (Wildman–Crippen LogP) is 0.573. The monoisotopic (exact) mass is 189 g/mol. The second kappa shape index (κ2) is 4.58. The minimum Gasteiger partial charge on any atom is -0.487 e. The fraction of sp³-hybridized carbons (Fsp3) is 0.182. The Bertz CT molecular complexity index is 344. The molecule has 0 bridgehead atoms. The van der Waals surface area contributed by atoms with E-state index in [1.54, 1.807) is 6.20 Å². The minimum absolute atomic E-state index is 0.539. The first kappa shape index (κ1) is 8.97. The summed E-state index contributed by atoms with van der Waals surface area (Å²) in [6.07, 6.45) is 7.81. The molecule has 0 spiro atoms. The highest BCUT2D eigenvalue weighted by molar-refractivity contribution is 5.12. The molecule has 0 aliphatic carbocycles. The Hall–Kier alpha value is -1.61. The van der Waals surface area contributed by atoms with Gasteiger partial charge in [0.2, 0.25) is 0 Å². The lowest BCUT2D eigenvalue weighted by molar-refractivity contribution is -0.579. The van der Waals surface area contributed by atoms with Gasteiger partial charge in [-0.15, -0.1) is 0 Å². The number of hydrogen-bond acceptors (Lipinski definition) is 2. The van der Waals surface area contributed by atoms with Crippen LogP contribution in [0, 0.1) is 0 Å². The van der Waals surface area contributed by atoms with E-state index < -0.39 is 0 Å². The highest BCUT2D eigenvalue weighted by Gasteiger charge is 2.00. The summed E-state index contributed by atoms with van der Waals surface area (Å²) in [6.45, 7) is 1.49. The SMILES string of the molecule is C1=CC(OCc2ccccn2)=CC[NH2+]1. The molecule has 2 heterocycles. The van der Waals surface area contributed by atoms with Crippen LogP contribution in [0.25, 0.3) is 0 Å². The first-order chi connectivity index (χ1) is 6.95. The van der Waals surface area contributed by atoms with Crippen LogP contribution in [0.1, 0.15) is 5.69 Å². The summed E-state index contributed by atoms with van der Waals surface area (Å²) < 4.78 is 5.56. The van der Waals surface area contributed by atoms with Gasteiger partial charge < -0.3 is 10.1 Å². The molecule has 1 aliphatic heterocycles. The quantitative estimate of drug-likeness (QED) is 0.755. The molecule has 1 aliphatic rings. The zero-order valence-corrected chi connectivity index (χ0v) is 7.89. The Labute approximate surface area is 83.1 Å². The van der Waals surface area contributed by atoms with Gasteiger partial charge in [0.05, 0.1) is 11.9 Å². The van der Waals surface area contributed by atoms with Gasteiger partial charge in [-0.3, -0.25) is 4.98 Å². The fourth-order valence-corrected chi connectivity index (χ4v) is 1.24. The van der Waals surface area contributed by atoms with Gasteiger partial charge in [0.1, 0.15) is 18.9 Å². The highest BCUT2D eigenvalue weighted by Crippen LogP contribution is 2.04. The van der Waals surface area contributed by atoms with E-state index in [-0.39, 0.29) is 0 Å². The molecule has 0 amide bonds. The molecular weight excluding hydrogens is 176 g/mol. The van der Waals surface area contributed by atoms with Crippen molar-refractivity contribution in [1.29, 1.82) is 0 Å². The average molecular weight is 189 g/mol. The van der Waals surface area contributed by atoms with E-state index in [0.29, 0.717) is 6.61 Å². The molecule has 0 fully saturated rings. The Morgan fingerprint density at radius 2 is 2.43 bits per heavy atom. The van der Waals surface area contributed by atoms with Gasteiger partial charge in [-0.2, -0.15) is 0 Å². The summed E-state index contributed by atoms with van der Waals surface area (Å²) in [4.78, 5) is 4.18. The Morgan fingerprint density at radius 1 is 1.43 bits per heavy atom. The van der Waals surface area contributed by atoms with Gasteiger partial charge in [0.15, 0.2) is 0 Å². The van der Waals surface area contributed by atoms with Gasteiger partial charge in [0, 0.05) is 18.3 Å². The lowest BCUT2D eigenvalue weighted by Gasteiger charge is -2.07. The van der Waals surface area contributed by atoms with Gasteiger partial charge in [0.25, 0.3) is 0 Å². The molecule has 3 heteroatoms. The van der Waals surface area contributed by atoms with E-state index in [2.05, 4.69) is 16.4 Å². The molecule has 1 aromatic rings. The van der Waals surface area contributed by atoms with Crippen LogP contribution in [0.5, 0.6) is 0 Å². The number of quaternary nitrogens is 1. The maximum atomic E-state index is 5.56. The number of ether oxygens (including phenoxy) is 1. The summed E-state index contributed by atoms with van der Waals surface area (Å²) in [5, 5.41) is 2.09. The largest absolute Gasteiger partial charge is 0.487 e. The summed E-state index contributed by atoms with van der Waals surface area (Å²) in [6, 6.07) is 5.82. The van der Waals surface area contributed by atoms with Crippen LogP contribution in [0.2, 0.25) is 0 Å². The number of nitrogens with two attached hydrogens (primary N) is 1. The van der Waals surface area contributed by atoms with E-state index in [4.69, 9.17) is 4.74 Å². The van der Waals surface area contributed by atoms with Crippen molar-refractivity contribution in [3.63, 3.8) is 0 Å². The van der Waals surface area contributed by atoms with Crippen LogP contribution in [0.15, 0.2) is 48.5 Å². The molecule has 14 heavy (non-hydrogen) atoms. The van der Waals surface area contributed by atoms with Gasteiger partial charge in [-0.25, -0.2) is 0 Å². The molecular formula is C11H13N2O+. The molecule has 0 aromatic carbocycles. The summed E-state index contributed by atoms with van der Waals surface area (Å²) >= 11 is 0. The van der Waals surface area contributed by atoms with Gasteiger partial charge in [-0.05, 0) is 12.1 Å². The van der Waals surface area contributed by atoms with Crippen molar-refractivity contribution >= 4 is 0 Å². The molecule has 1 aromatic heterocycles. The van der Waals surface area contributed by atoms with Gasteiger partial charge in [-0.1, -0.05) is 6.07 Å². The zero-order valence-electron chi connectivity index (χ0n) is 7.89. The van der Waals surface area contributed by atoms with E-state index in [1.807, 2.05) is 30.5 Å². The van der Waals surface area contributed by atoms with Crippen molar-refractivity contribution in [3.8, 4) is 0 Å². The lowest BCUT2D eigenvalue weighted by atomic mass is 10.3. The number of pyridine rings is 1. The number of aromatic nitrogens is 1. The van der Waals surface area contributed by atoms with Crippen LogP contribution < -0.4 is 5.32 Å². The molecule has 3 nitrogen and oxygen atoms in total. The second-order valence-corrected chi connectivity index (χ2v) is 3.05. The summed E-state index contributed by atoms with van der Waals surface area (Å²) in [5.74, 6) is 0.929. The third-order valence-electron chi connectivity index (χ3n) is 1.96. The van der Waals surface area contributed by atoms with E-state index in [0.717, 1.165) is 18.0 Å². The Morgan fingerprint density at radius 3 is 3.14 bits per heavy atom. The number of allylic oxidation sites excluding steroid dienone is 1. The predicted molar refractivity (Wildman–Crippen MR) is 53.0 cm³/mol. The first-order valence-electron chi connectivity index (χ1n) is 4.68. The van der Waals surface area contributed by atoms with Crippen molar-refractivity contribution < 1.29 is 10.1 Å². The number of nitrogens with zero attached hydrogens (tertiary/aromatic N) is 1. The smallest absolute Gasteiger partial charge is 0.130 e. The fourth-order valence-electron chi connectivity index (χ4n) is 1.24. The lowest BCUT2D eigenvalue weighted by Crippen LogP contribution is -2.78. The summed E-state index contributed by atoms with van der Waals surface area (Å²) in [7, 11) is 0. The van der Waals surface area contributed by atoms with Crippen LogP contribution in [0.3, 0.4) is 0 Å². The maximum Gasteiger partial charge on any atom is 0.130 e. The molecule has 0 unspecified atom stereocenters. The third kappa shape index (κ3) is 2.44. The van der Waals surface area contributed by atoms with Crippen molar-refractivity contribution in [2.45, 2.75) is 6.61 Å². The topological polar surface area (TPSA) is 38.7 Å². The first-order valence-corrected chi connectivity index (χ1v) is 4.68. The van der Waals surface area contributed by atoms with Crippen LogP contribution in [-0.2, 0) is 11.3 Å². The van der Waals surface area contributed by atoms with Crippen LogP contribution >= 0.6 is 0 Å². The molecule has 0 saturated heterocycles. The molecule has 72 valence electrons. The Kier molecular flexibility index (Phi) is 2.93. The van der Waals surface area contributed by atoms with Crippen molar-refractivity contribution in [2.24, 2.45) is 0 Å². The molecule has 0 saturated carbocycles. The van der Waals surface area contributed by atoms with E-state index in [1.165, 1.54) is 0 Å². The molecule has 0 radical (unpaired) electrons. The molecule has 2 rings (SSSR count). The summed E-state index contributed by atoms with van der Waals surface area (Å²) in [5.41, 5.74) is 0.955. The number of hydrogen-bond donors (Lipinski definition) is 1. The Balaban J connectivity index is 1.88. The van der Waals surface area contributed by atoms with Crippen molar-refractivity contribution in [2.75, 3.05) is 6.54 Å². The van der Waals surface area contributed by atoms with Crippen LogP contribution in [0.4, 0.5) is 0 Å². The van der Waals surface area contributed by atoms with Crippen LogP contribution in [-0.4, -0.2) is 11.5 Å².